The second-order valence-corrected chi connectivity index (χ2v) is 7.06. The number of carbonyl (C=O) groups excluding carboxylic acids is 2. The van der Waals surface area contributed by atoms with Gasteiger partial charge in [0, 0.05) is 23.8 Å². The van der Waals surface area contributed by atoms with E-state index in [9.17, 15) is 9.59 Å². The van der Waals surface area contributed by atoms with Crippen LogP contribution in [0.4, 0.5) is 0 Å². The van der Waals surface area contributed by atoms with Gasteiger partial charge >= 0.3 is 5.97 Å². The minimum absolute atomic E-state index is 0.0991. The molecule has 0 aliphatic rings. The Balaban J connectivity index is 2.39. The van der Waals surface area contributed by atoms with E-state index in [0.717, 1.165) is 27.8 Å². The highest BCUT2D eigenvalue weighted by atomic mass is 79.9. The van der Waals surface area contributed by atoms with E-state index in [1.54, 1.807) is 11.8 Å². The molecule has 7 heteroatoms. The first-order valence-electron chi connectivity index (χ1n) is 9.04. The Morgan fingerprint density at radius 2 is 2.00 bits per heavy atom. The summed E-state index contributed by atoms with van der Waals surface area (Å²) in [5.74, 6) is -0.383. The van der Waals surface area contributed by atoms with Gasteiger partial charge in [-0.1, -0.05) is 13.8 Å². The SMILES string of the molecule is CCCN(CCC(=O)OCC)C(=O)c1c(CC)nc2c(C)cc(Br)cn12. The van der Waals surface area contributed by atoms with Crippen LogP contribution in [0.25, 0.3) is 5.65 Å². The van der Waals surface area contributed by atoms with Crippen LogP contribution in [0.1, 0.15) is 55.4 Å². The molecule has 0 aliphatic heterocycles. The molecule has 0 atom stereocenters. The minimum atomic E-state index is -0.283. The van der Waals surface area contributed by atoms with Gasteiger partial charge in [-0.05, 0) is 54.2 Å². The van der Waals surface area contributed by atoms with Crippen molar-refractivity contribution in [2.75, 3.05) is 19.7 Å². The van der Waals surface area contributed by atoms with Crippen molar-refractivity contribution in [2.45, 2.75) is 47.0 Å². The van der Waals surface area contributed by atoms with Crippen LogP contribution in [0.2, 0.25) is 0 Å². The monoisotopic (exact) mass is 423 g/mol. The molecule has 0 spiro atoms. The molecule has 2 aromatic heterocycles. The molecule has 142 valence electrons. The second kappa shape index (κ2) is 9.16. The number of carbonyl (C=O) groups is 2. The van der Waals surface area contributed by atoms with Crippen molar-refractivity contribution in [3.05, 3.63) is 33.7 Å². The number of rotatable bonds is 8. The van der Waals surface area contributed by atoms with Gasteiger partial charge in [-0.15, -0.1) is 0 Å². The zero-order valence-electron chi connectivity index (χ0n) is 15.8. The molecule has 2 heterocycles. The van der Waals surface area contributed by atoms with Crippen molar-refractivity contribution in [3.8, 4) is 0 Å². The summed E-state index contributed by atoms with van der Waals surface area (Å²) in [6.07, 6.45) is 3.55. The third-order valence-electron chi connectivity index (χ3n) is 4.15. The van der Waals surface area contributed by atoms with Crippen molar-refractivity contribution in [3.63, 3.8) is 0 Å². The van der Waals surface area contributed by atoms with Gasteiger partial charge in [-0.3, -0.25) is 14.0 Å². The summed E-state index contributed by atoms with van der Waals surface area (Å²) in [7, 11) is 0. The number of fused-ring (bicyclic) bond motifs is 1. The number of imidazole rings is 1. The van der Waals surface area contributed by atoms with E-state index in [1.807, 2.05) is 37.4 Å². The molecule has 1 amide bonds. The molecule has 2 aromatic rings. The Morgan fingerprint density at radius 3 is 2.62 bits per heavy atom. The Labute approximate surface area is 162 Å². The van der Waals surface area contributed by atoms with Gasteiger partial charge in [0.05, 0.1) is 18.7 Å². The van der Waals surface area contributed by atoms with E-state index in [2.05, 4.69) is 20.9 Å². The van der Waals surface area contributed by atoms with Crippen LogP contribution in [0.5, 0.6) is 0 Å². The highest BCUT2D eigenvalue weighted by molar-refractivity contribution is 9.10. The zero-order valence-corrected chi connectivity index (χ0v) is 17.4. The van der Waals surface area contributed by atoms with Crippen LogP contribution < -0.4 is 0 Å². The molecule has 0 unspecified atom stereocenters. The summed E-state index contributed by atoms with van der Waals surface area (Å²) >= 11 is 3.50. The first kappa shape index (κ1) is 20.4. The molecule has 0 bridgehead atoms. The molecular formula is C19H26BrN3O3. The highest BCUT2D eigenvalue weighted by Crippen LogP contribution is 2.22. The summed E-state index contributed by atoms with van der Waals surface area (Å²) in [6.45, 7) is 9.04. The van der Waals surface area contributed by atoms with Crippen molar-refractivity contribution < 1.29 is 14.3 Å². The van der Waals surface area contributed by atoms with E-state index >= 15 is 0 Å². The summed E-state index contributed by atoms with van der Waals surface area (Å²) in [5, 5.41) is 0. The fraction of sp³-hybridized carbons (Fsp3) is 0.526. The standard InChI is InChI=1S/C19H26BrN3O3/c1-5-9-22(10-8-16(24)26-7-3)19(25)17-15(6-2)21-18-13(4)11-14(20)12-23(17)18/h11-12H,5-10H2,1-4H3. The molecular weight excluding hydrogens is 398 g/mol. The maximum Gasteiger partial charge on any atom is 0.307 e. The molecule has 6 nitrogen and oxygen atoms in total. The smallest absolute Gasteiger partial charge is 0.307 e. The van der Waals surface area contributed by atoms with E-state index in [-0.39, 0.29) is 18.3 Å². The van der Waals surface area contributed by atoms with Crippen LogP contribution in [0.3, 0.4) is 0 Å². The van der Waals surface area contributed by atoms with Crippen LogP contribution in [-0.2, 0) is 16.0 Å². The Bertz CT molecular complexity index is 801. The fourth-order valence-electron chi connectivity index (χ4n) is 2.98. The zero-order chi connectivity index (χ0) is 19.3. The predicted octanol–water partition coefficient (Wildman–Crippen LogP) is 3.77. The lowest BCUT2D eigenvalue weighted by molar-refractivity contribution is -0.143. The lowest BCUT2D eigenvalue weighted by Crippen LogP contribution is -2.35. The number of aryl methyl sites for hydroxylation is 2. The summed E-state index contributed by atoms with van der Waals surface area (Å²) < 4.78 is 7.74. The lowest BCUT2D eigenvalue weighted by atomic mass is 10.2. The topological polar surface area (TPSA) is 63.9 Å². The maximum atomic E-state index is 13.3. The Kier molecular flexibility index (Phi) is 7.20. The number of pyridine rings is 1. The fourth-order valence-corrected chi connectivity index (χ4v) is 3.53. The van der Waals surface area contributed by atoms with Crippen LogP contribution in [0, 0.1) is 6.92 Å². The van der Waals surface area contributed by atoms with Crippen LogP contribution >= 0.6 is 15.9 Å². The molecule has 0 saturated carbocycles. The van der Waals surface area contributed by atoms with Crippen molar-refractivity contribution >= 4 is 33.5 Å². The molecule has 0 aromatic carbocycles. The molecule has 0 saturated heterocycles. The number of halogens is 1. The number of hydrogen-bond donors (Lipinski definition) is 0. The number of hydrogen-bond acceptors (Lipinski definition) is 4. The van der Waals surface area contributed by atoms with Gasteiger partial charge in [0.2, 0.25) is 0 Å². The summed E-state index contributed by atoms with van der Waals surface area (Å²) in [5.41, 5.74) is 3.13. The van der Waals surface area contributed by atoms with Gasteiger partial charge in [-0.2, -0.15) is 0 Å². The second-order valence-electron chi connectivity index (χ2n) is 6.14. The molecule has 0 aliphatic carbocycles. The van der Waals surface area contributed by atoms with Gasteiger partial charge < -0.3 is 9.64 Å². The van der Waals surface area contributed by atoms with Crippen molar-refractivity contribution in [1.29, 1.82) is 0 Å². The largest absolute Gasteiger partial charge is 0.466 e. The van der Waals surface area contributed by atoms with Crippen molar-refractivity contribution in [2.24, 2.45) is 0 Å². The number of ether oxygens (including phenoxy) is 1. The van der Waals surface area contributed by atoms with Crippen LogP contribution in [-0.4, -0.2) is 45.9 Å². The molecule has 0 fully saturated rings. The maximum absolute atomic E-state index is 13.3. The molecule has 0 radical (unpaired) electrons. The summed E-state index contributed by atoms with van der Waals surface area (Å²) in [6, 6.07) is 1.99. The predicted molar refractivity (Wildman–Crippen MR) is 104 cm³/mol. The van der Waals surface area contributed by atoms with E-state index < -0.39 is 0 Å². The number of aromatic nitrogens is 2. The quantitative estimate of drug-likeness (QED) is 0.606. The number of amides is 1. The minimum Gasteiger partial charge on any atom is -0.466 e. The third kappa shape index (κ3) is 4.44. The van der Waals surface area contributed by atoms with Crippen LogP contribution in [0.15, 0.2) is 16.7 Å². The van der Waals surface area contributed by atoms with Gasteiger partial charge in [0.25, 0.3) is 5.91 Å². The summed E-state index contributed by atoms with van der Waals surface area (Å²) in [4.78, 5) is 31.4. The normalized spacial score (nSPS) is 11.0. The highest BCUT2D eigenvalue weighted by Gasteiger charge is 2.24. The van der Waals surface area contributed by atoms with Crippen molar-refractivity contribution in [1.82, 2.24) is 14.3 Å². The average Bonchev–Trinajstić information content (AvgIpc) is 2.97. The Morgan fingerprint density at radius 1 is 1.27 bits per heavy atom. The Hall–Kier alpha value is -1.89. The molecule has 26 heavy (non-hydrogen) atoms. The molecule has 0 N–H and O–H groups in total. The molecule has 2 rings (SSSR count). The first-order valence-corrected chi connectivity index (χ1v) is 9.84. The number of nitrogens with zero attached hydrogens (tertiary/aromatic N) is 3. The van der Waals surface area contributed by atoms with E-state index in [0.29, 0.717) is 31.8 Å². The number of esters is 1. The van der Waals surface area contributed by atoms with Gasteiger partial charge in [0.1, 0.15) is 11.3 Å². The lowest BCUT2D eigenvalue weighted by Gasteiger charge is -2.22. The average molecular weight is 424 g/mol. The third-order valence-corrected chi connectivity index (χ3v) is 4.59. The van der Waals surface area contributed by atoms with E-state index in [4.69, 9.17) is 4.74 Å². The van der Waals surface area contributed by atoms with E-state index in [1.165, 1.54) is 0 Å². The van der Waals surface area contributed by atoms with Gasteiger partial charge in [-0.25, -0.2) is 4.98 Å². The van der Waals surface area contributed by atoms with Gasteiger partial charge in [0.15, 0.2) is 0 Å². The first-order chi connectivity index (χ1) is 12.4.